The first-order valence-electron chi connectivity index (χ1n) is 6.08. The van der Waals surface area contributed by atoms with Crippen molar-refractivity contribution >= 4 is 33.2 Å². The number of anilines is 1. The average molecular weight is 335 g/mol. The van der Waals surface area contributed by atoms with Gasteiger partial charge in [0, 0.05) is 24.3 Å². The van der Waals surface area contributed by atoms with Gasteiger partial charge in [-0.25, -0.2) is 0 Å². The lowest BCUT2D eigenvalue weighted by Gasteiger charge is -2.20. The number of methoxy groups -OCH3 is 1. The molecule has 2 rings (SSSR count). The van der Waals surface area contributed by atoms with Gasteiger partial charge in [0.15, 0.2) is 5.75 Å². The van der Waals surface area contributed by atoms with E-state index in [4.69, 9.17) is 21.1 Å². The van der Waals surface area contributed by atoms with Crippen molar-refractivity contribution in [2.45, 2.75) is 25.3 Å². The predicted octanol–water partition coefficient (Wildman–Crippen LogP) is 4.09. The summed E-state index contributed by atoms with van der Waals surface area (Å²) in [5.41, 5.74) is 0.934. The van der Waals surface area contributed by atoms with Crippen molar-refractivity contribution in [3.8, 4) is 5.75 Å². The zero-order valence-corrected chi connectivity index (χ0v) is 12.7. The Balaban J connectivity index is 2.16. The average Bonchev–Trinajstić information content (AvgIpc) is 2.57. The van der Waals surface area contributed by atoms with Gasteiger partial charge in [-0.15, -0.1) is 0 Å². The molecule has 5 heteroatoms. The Labute approximate surface area is 121 Å². The minimum atomic E-state index is 0.409. The molecule has 3 nitrogen and oxygen atoms in total. The summed E-state index contributed by atoms with van der Waals surface area (Å²) in [6.45, 7) is 1.66. The zero-order valence-electron chi connectivity index (χ0n) is 10.3. The largest absolute Gasteiger partial charge is 0.493 e. The fourth-order valence-electron chi connectivity index (χ4n) is 2.14. The van der Waals surface area contributed by atoms with Gasteiger partial charge in [0.05, 0.1) is 17.3 Å². The van der Waals surface area contributed by atoms with Crippen LogP contribution in [0.1, 0.15) is 19.3 Å². The van der Waals surface area contributed by atoms with Gasteiger partial charge >= 0.3 is 0 Å². The SMILES string of the molecule is COc1c(Br)cc(Cl)cc1NC1CCCOCC1. The quantitative estimate of drug-likeness (QED) is 0.903. The van der Waals surface area contributed by atoms with Crippen LogP contribution >= 0.6 is 27.5 Å². The molecule has 1 aromatic carbocycles. The topological polar surface area (TPSA) is 30.5 Å². The molecule has 100 valence electrons. The number of hydrogen-bond donors (Lipinski definition) is 1. The van der Waals surface area contributed by atoms with E-state index in [2.05, 4.69) is 21.2 Å². The van der Waals surface area contributed by atoms with E-state index >= 15 is 0 Å². The molecule has 1 unspecified atom stereocenters. The maximum Gasteiger partial charge on any atom is 0.156 e. The van der Waals surface area contributed by atoms with Gasteiger partial charge in [-0.2, -0.15) is 0 Å². The molecule has 1 aromatic rings. The summed E-state index contributed by atoms with van der Waals surface area (Å²) in [4.78, 5) is 0. The van der Waals surface area contributed by atoms with Crippen LogP contribution in [0, 0.1) is 0 Å². The maximum absolute atomic E-state index is 6.08. The zero-order chi connectivity index (χ0) is 13.0. The van der Waals surface area contributed by atoms with Crippen LogP contribution in [-0.4, -0.2) is 26.4 Å². The van der Waals surface area contributed by atoms with Crippen molar-refractivity contribution in [2.24, 2.45) is 0 Å². The van der Waals surface area contributed by atoms with Crippen molar-refractivity contribution in [1.82, 2.24) is 0 Å². The fraction of sp³-hybridized carbons (Fsp3) is 0.538. The van der Waals surface area contributed by atoms with Crippen LogP contribution in [0.4, 0.5) is 5.69 Å². The Hall–Kier alpha value is -0.450. The van der Waals surface area contributed by atoms with E-state index in [9.17, 15) is 0 Å². The van der Waals surface area contributed by atoms with E-state index < -0.39 is 0 Å². The van der Waals surface area contributed by atoms with Gasteiger partial charge < -0.3 is 14.8 Å². The van der Waals surface area contributed by atoms with E-state index in [0.717, 1.165) is 48.4 Å². The minimum Gasteiger partial charge on any atom is -0.493 e. The maximum atomic E-state index is 6.08. The van der Waals surface area contributed by atoms with E-state index in [-0.39, 0.29) is 0 Å². The van der Waals surface area contributed by atoms with Crippen LogP contribution < -0.4 is 10.1 Å². The number of ether oxygens (including phenoxy) is 2. The lowest BCUT2D eigenvalue weighted by Crippen LogP contribution is -2.20. The van der Waals surface area contributed by atoms with Crippen LogP contribution in [0.15, 0.2) is 16.6 Å². The summed E-state index contributed by atoms with van der Waals surface area (Å²) in [6, 6.07) is 4.14. The first kappa shape index (κ1) is 14.0. The fourth-order valence-corrected chi connectivity index (χ4v) is 3.12. The molecular weight excluding hydrogens is 318 g/mol. The molecule has 0 amide bonds. The molecule has 1 aliphatic heterocycles. The normalized spacial score (nSPS) is 20.3. The molecule has 0 aliphatic carbocycles. The minimum absolute atomic E-state index is 0.409. The van der Waals surface area contributed by atoms with Crippen molar-refractivity contribution in [3.63, 3.8) is 0 Å². The first-order valence-corrected chi connectivity index (χ1v) is 7.25. The molecule has 0 aromatic heterocycles. The second kappa shape index (κ2) is 6.64. The molecule has 0 radical (unpaired) electrons. The van der Waals surface area contributed by atoms with Gasteiger partial charge in [-0.3, -0.25) is 0 Å². The Bertz CT molecular complexity index is 406. The number of benzene rings is 1. The van der Waals surface area contributed by atoms with Gasteiger partial charge in [0.25, 0.3) is 0 Å². The highest BCUT2D eigenvalue weighted by Crippen LogP contribution is 2.37. The van der Waals surface area contributed by atoms with Crippen molar-refractivity contribution in [1.29, 1.82) is 0 Å². The highest BCUT2D eigenvalue weighted by atomic mass is 79.9. The summed E-state index contributed by atoms with van der Waals surface area (Å²) in [5, 5.41) is 4.19. The highest BCUT2D eigenvalue weighted by molar-refractivity contribution is 9.10. The smallest absolute Gasteiger partial charge is 0.156 e. The van der Waals surface area contributed by atoms with Crippen LogP contribution in [-0.2, 0) is 4.74 Å². The molecule has 0 bridgehead atoms. The number of halogens is 2. The molecule has 1 N–H and O–H groups in total. The van der Waals surface area contributed by atoms with Gasteiger partial charge in [0.2, 0.25) is 0 Å². The molecule has 1 atom stereocenters. The molecule has 1 aliphatic rings. The monoisotopic (exact) mass is 333 g/mol. The molecular formula is C13H17BrClNO2. The number of nitrogens with one attached hydrogen (secondary N) is 1. The van der Waals surface area contributed by atoms with Gasteiger partial charge in [0.1, 0.15) is 0 Å². The summed E-state index contributed by atoms with van der Waals surface area (Å²) in [7, 11) is 1.66. The second-order valence-electron chi connectivity index (χ2n) is 4.35. The Morgan fingerprint density at radius 3 is 3.00 bits per heavy atom. The number of rotatable bonds is 3. The molecule has 0 spiro atoms. The summed E-state index contributed by atoms with van der Waals surface area (Å²) in [6.07, 6.45) is 3.20. The standard InChI is InChI=1S/C13H17BrClNO2/c1-17-13-11(14)7-9(15)8-12(13)16-10-3-2-5-18-6-4-10/h7-8,10,16H,2-6H2,1H3. The molecule has 1 fully saturated rings. The third-order valence-corrected chi connectivity index (χ3v) is 3.83. The Kier molecular flexibility index (Phi) is 5.15. The highest BCUT2D eigenvalue weighted by Gasteiger charge is 2.16. The second-order valence-corrected chi connectivity index (χ2v) is 5.64. The van der Waals surface area contributed by atoms with Crippen LogP contribution in [0.2, 0.25) is 5.02 Å². The van der Waals surface area contributed by atoms with E-state index in [1.165, 1.54) is 0 Å². The van der Waals surface area contributed by atoms with Crippen LogP contribution in [0.25, 0.3) is 0 Å². The summed E-state index contributed by atoms with van der Waals surface area (Å²) >= 11 is 9.54. The van der Waals surface area contributed by atoms with Crippen LogP contribution in [0.3, 0.4) is 0 Å². The summed E-state index contributed by atoms with van der Waals surface area (Å²) in [5.74, 6) is 0.796. The third kappa shape index (κ3) is 3.53. The van der Waals surface area contributed by atoms with Gasteiger partial charge in [-0.1, -0.05) is 11.6 Å². The van der Waals surface area contributed by atoms with Gasteiger partial charge in [-0.05, 0) is 47.3 Å². The number of hydrogen-bond acceptors (Lipinski definition) is 3. The molecule has 1 saturated heterocycles. The predicted molar refractivity (Wildman–Crippen MR) is 77.8 cm³/mol. The van der Waals surface area contributed by atoms with E-state index in [0.29, 0.717) is 11.1 Å². The van der Waals surface area contributed by atoms with Crippen LogP contribution in [0.5, 0.6) is 5.75 Å². The lowest BCUT2D eigenvalue weighted by atomic mass is 10.1. The Morgan fingerprint density at radius 2 is 2.22 bits per heavy atom. The summed E-state index contributed by atoms with van der Waals surface area (Å²) < 4.78 is 11.7. The first-order chi connectivity index (χ1) is 8.70. The van der Waals surface area contributed by atoms with E-state index in [1.807, 2.05) is 12.1 Å². The van der Waals surface area contributed by atoms with E-state index in [1.54, 1.807) is 7.11 Å². The van der Waals surface area contributed by atoms with Crippen molar-refractivity contribution in [2.75, 3.05) is 25.6 Å². The lowest BCUT2D eigenvalue weighted by molar-refractivity contribution is 0.144. The third-order valence-electron chi connectivity index (χ3n) is 3.02. The van der Waals surface area contributed by atoms with Crippen molar-refractivity contribution in [3.05, 3.63) is 21.6 Å². The van der Waals surface area contributed by atoms with Crippen molar-refractivity contribution < 1.29 is 9.47 Å². The Morgan fingerprint density at radius 1 is 1.39 bits per heavy atom. The molecule has 0 saturated carbocycles. The molecule has 1 heterocycles. The molecule has 18 heavy (non-hydrogen) atoms.